The summed E-state index contributed by atoms with van der Waals surface area (Å²) in [6, 6.07) is 0. The molecular formula is C5H7F3O2S. The van der Waals surface area contributed by atoms with E-state index < -0.39 is 22.9 Å². The van der Waals surface area contributed by atoms with Crippen LogP contribution in [0.2, 0.25) is 0 Å². The largest absolute Gasteiger partial charge is 0.389 e. The number of rotatable bonds is 3. The van der Waals surface area contributed by atoms with Crippen LogP contribution in [0, 0.1) is 0 Å². The van der Waals surface area contributed by atoms with Crippen molar-refractivity contribution in [3.05, 3.63) is 0 Å². The van der Waals surface area contributed by atoms with E-state index in [4.69, 9.17) is 0 Å². The van der Waals surface area contributed by atoms with Gasteiger partial charge in [-0.15, -0.1) is 0 Å². The molecule has 0 aliphatic rings. The van der Waals surface area contributed by atoms with Crippen LogP contribution >= 0.6 is 0 Å². The predicted octanol–water partition coefficient (Wildman–Crippen LogP) is 1.40. The molecule has 0 heterocycles. The summed E-state index contributed by atoms with van der Waals surface area (Å²) in [6.45, 7) is 0. The summed E-state index contributed by atoms with van der Waals surface area (Å²) in [5.41, 5.74) is 0. The van der Waals surface area contributed by atoms with Crippen molar-refractivity contribution >= 4 is 15.7 Å². The molecule has 0 unspecified atom stereocenters. The van der Waals surface area contributed by atoms with Crippen LogP contribution in [0.3, 0.4) is 0 Å². The molecule has 0 fully saturated rings. The number of hydrogen-bond donors (Lipinski definition) is 0. The zero-order valence-electron chi connectivity index (χ0n) is 5.56. The van der Waals surface area contributed by atoms with Gasteiger partial charge in [0.2, 0.25) is 10.3 Å². The molecule has 0 rings (SSSR count). The highest BCUT2D eigenvalue weighted by atomic mass is 32.2. The van der Waals surface area contributed by atoms with Crippen molar-refractivity contribution in [3.63, 3.8) is 0 Å². The molecule has 0 aromatic carbocycles. The second kappa shape index (κ2) is 4.38. The van der Waals surface area contributed by atoms with E-state index in [-0.39, 0.29) is 12.8 Å². The fraction of sp³-hybridized carbons (Fsp3) is 0.800. The molecule has 66 valence electrons. The average Bonchev–Trinajstić information content (AvgIpc) is 1.78. The minimum atomic E-state index is -4.18. The third-order valence-electron chi connectivity index (χ3n) is 0.918. The van der Waals surface area contributed by atoms with Crippen LogP contribution in [0.1, 0.15) is 19.3 Å². The third kappa shape index (κ3) is 9.48. The molecule has 0 aliphatic carbocycles. The van der Waals surface area contributed by atoms with Gasteiger partial charge in [-0.3, -0.25) is 0 Å². The maximum atomic E-state index is 11.4. The van der Waals surface area contributed by atoms with Gasteiger partial charge in [0.05, 0.1) is 0 Å². The quantitative estimate of drug-likeness (QED) is 0.495. The van der Waals surface area contributed by atoms with Crippen LogP contribution < -0.4 is 0 Å². The highest BCUT2D eigenvalue weighted by molar-refractivity contribution is 7.71. The summed E-state index contributed by atoms with van der Waals surface area (Å²) < 4.78 is 53.8. The maximum Gasteiger partial charge on any atom is 0.389 e. The Bertz CT molecular complexity index is 219. The Morgan fingerprint density at radius 3 is 2.18 bits per heavy atom. The lowest BCUT2D eigenvalue weighted by Crippen LogP contribution is -2.06. The molecule has 0 bridgehead atoms. The first kappa shape index (κ1) is 10.5. The van der Waals surface area contributed by atoms with E-state index in [0.29, 0.717) is 0 Å². The van der Waals surface area contributed by atoms with E-state index in [2.05, 4.69) is 0 Å². The molecular weight excluding hydrogens is 181 g/mol. The minimum absolute atomic E-state index is 0.0460. The molecule has 0 radical (unpaired) electrons. The Balaban J connectivity index is 3.52. The lowest BCUT2D eigenvalue weighted by molar-refractivity contribution is -0.135. The van der Waals surface area contributed by atoms with E-state index >= 15 is 0 Å². The molecule has 11 heavy (non-hydrogen) atoms. The third-order valence-corrected chi connectivity index (χ3v) is 1.43. The SMILES string of the molecule is O=S(=O)=CCCCC(F)(F)F. The summed E-state index contributed by atoms with van der Waals surface area (Å²) in [5, 5.41) is 0.825. The van der Waals surface area contributed by atoms with Crippen LogP contribution in [0.15, 0.2) is 0 Å². The van der Waals surface area contributed by atoms with E-state index in [1.54, 1.807) is 0 Å². The first-order chi connectivity index (χ1) is 4.92. The number of halogens is 3. The summed E-state index contributed by atoms with van der Waals surface area (Å²) in [5.74, 6) is 0. The first-order valence-corrected chi connectivity index (χ1v) is 4.04. The fourth-order valence-corrected chi connectivity index (χ4v) is 0.841. The molecule has 0 N–H and O–H groups in total. The van der Waals surface area contributed by atoms with Crippen molar-refractivity contribution in [2.75, 3.05) is 0 Å². The fourth-order valence-electron chi connectivity index (χ4n) is 0.482. The average molecular weight is 188 g/mol. The van der Waals surface area contributed by atoms with Crippen molar-refractivity contribution in [3.8, 4) is 0 Å². The van der Waals surface area contributed by atoms with Crippen molar-refractivity contribution < 1.29 is 21.6 Å². The minimum Gasteiger partial charge on any atom is -0.185 e. The van der Waals surface area contributed by atoms with Gasteiger partial charge in [-0.2, -0.15) is 21.6 Å². The number of unbranched alkanes of at least 4 members (excludes halogenated alkanes) is 1. The predicted molar refractivity (Wildman–Crippen MR) is 34.9 cm³/mol. The van der Waals surface area contributed by atoms with Crippen LogP contribution in [0.5, 0.6) is 0 Å². The highest BCUT2D eigenvalue weighted by Gasteiger charge is 2.25. The molecule has 0 amide bonds. The zero-order chi connectivity index (χ0) is 8.91. The molecule has 0 saturated heterocycles. The number of alkyl halides is 3. The van der Waals surface area contributed by atoms with Gasteiger partial charge in [0.15, 0.2) is 0 Å². The molecule has 0 aliphatic heterocycles. The highest BCUT2D eigenvalue weighted by Crippen LogP contribution is 2.21. The van der Waals surface area contributed by atoms with Gasteiger partial charge in [-0.05, 0) is 12.8 Å². The Labute approximate surface area is 63.6 Å². The van der Waals surface area contributed by atoms with Crippen molar-refractivity contribution in [1.82, 2.24) is 0 Å². The smallest absolute Gasteiger partial charge is 0.185 e. The van der Waals surface area contributed by atoms with Crippen LogP contribution in [0.25, 0.3) is 0 Å². The van der Waals surface area contributed by atoms with Crippen LogP contribution in [-0.2, 0) is 10.3 Å². The molecule has 6 heteroatoms. The van der Waals surface area contributed by atoms with E-state index in [0.717, 1.165) is 5.37 Å². The Morgan fingerprint density at radius 1 is 1.27 bits per heavy atom. The second-order valence-electron chi connectivity index (χ2n) is 1.93. The molecule has 0 atom stereocenters. The van der Waals surface area contributed by atoms with Crippen LogP contribution in [0.4, 0.5) is 13.2 Å². The summed E-state index contributed by atoms with van der Waals surface area (Å²) in [6.07, 6.45) is -5.33. The topological polar surface area (TPSA) is 34.1 Å². The van der Waals surface area contributed by atoms with Crippen molar-refractivity contribution in [1.29, 1.82) is 0 Å². The van der Waals surface area contributed by atoms with E-state index in [9.17, 15) is 21.6 Å². The Kier molecular flexibility index (Phi) is 4.17. The van der Waals surface area contributed by atoms with E-state index in [1.165, 1.54) is 0 Å². The molecule has 0 aromatic rings. The van der Waals surface area contributed by atoms with Gasteiger partial charge in [-0.25, -0.2) is 0 Å². The monoisotopic (exact) mass is 188 g/mol. The molecule has 0 spiro atoms. The lowest BCUT2D eigenvalue weighted by atomic mass is 10.2. The van der Waals surface area contributed by atoms with Gasteiger partial charge in [0.25, 0.3) is 0 Å². The molecule has 0 aromatic heterocycles. The summed E-state index contributed by atoms with van der Waals surface area (Å²) >= 11 is 0. The normalized spacial score (nSPS) is 11.2. The Morgan fingerprint density at radius 2 is 1.82 bits per heavy atom. The first-order valence-electron chi connectivity index (χ1n) is 2.90. The van der Waals surface area contributed by atoms with Crippen LogP contribution in [-0.4, -0.2) is 20.0 Å². The van der Waals surface area contributed by atoms with Crippen molar-refractivity contribution in [2.24, 2.45) is 0 Å². The standard InChI is InChI=1S/C5H7F3O2S/c6-5(7,8)3-1-2-4-11(9)10/h4H,1-3H2. The van der Waals surface area contributed by atoms with Gasteiger partial charge >= 0.3 is 6.18 Å². The summed E-state index contributed by atoms with van der Waals surface area (Å²) in [4.78, 5) is 0. The van der Waals surface area contributed by atoms with E-state index in [1.807, 2.05) is 0 Å². The molecule has 0 saturated carbocycles. The molecule has 2 nitrogen and oxygen atoms in total. The lowest BCUT2D eigenvalue weighted by Gasteiger charge is -2.02. The van der Waals surface area contributed by atoms with Gasteiger partial charge in [-0.1, -0.05) is 0 Å². The number of hydrogen-bond acceptors (Lipinski definition) is 2. The zero-order valence-corrected chi connectivity index (χ0v) is 6.37. The summed E-state index contributed by atoms with van der Waals surface area (Å²) in [7, 11) is -2.34. The van der Waals surface area contributed by atoms with Crippen molar-refractivity contribution in [2.45, 2.75) is 25.4 Å². The maximum absolute atomic E-state index is 11.4. The Hall–Kier alpha value is -0.520. The van der Waals surface area contributed by atoms with Gasteiger partial charge < -0.3 is 0 Å². The van der Waals surface area contributed by atoms with Gasteiger partial charge in [0.1, 0.15) is 0 Å². The second-order valence-corrected chi connectivity index (χ2v) is 2.79. The van der Waals surface area contributed by atoms with Gasteiger partial charge in [0, 0.05) is 11.8 Å².